The molecule has 0 N–H and O–H groups in total. The molecule has 1 heteroatoms. The van der Waals surface area contributed by atoms with E-state index in [2.05, 4.69) is 61.5 Å². The SMILES string of the molecule is Cc1ccc(C2=Cc3ccccc3C2)cc1.[Ti]. The first-order valence-electron chi connectivity index (χ1n) is 5.68. The normalized spacial score (nSPS) is 12.6. The van der Waals surface area contributed by atoms with E-state index in [4.69, 9.17) is 0 Å². The van der Waals surface area contributed by atoms with E-state index in [9.17, 15) is 0 Å². The molecule has 1 aliphatic carbocycles. The minimum Gasteiger partial charge on any atom is -0.0619 e. The molecule has 0 fully saturated rings. The molecule has 0 heterocycles. The van der Waals surface area contributed by atoms with Crippen LogP contribution in [-0.2, 0) is 28.1 Å². The van der Waals surface area contributed by atoms with Gasteiger partial charge in [-0.25, -0.2) is 0 Å². The number of hydrogen-bond acceptors (Lipinski definition) is 0. The Hall–Kier alpha value is -1.11. The van der Waals surface area contributed by atoms with Crippen molar-refractivity contribution in [1.29, 1.82) is 0 Å². The van der Waals surface area contributed by atoms with Gasteiger partial charge in [-0.1, -0.05) is 60.2 Å². The minimum absolute atomic E-state index is 0. The van der Waals surface area contributed by atoms with Crippen molar-refractivity contribution in [2.24, 2.45) is 0 Å². The quantitative estimate of drug-likeness (QED) is 0.672. The minimum atomic E-state index is 0. The van der Waals surface area contributed by atoms with Crippen LogP contribution in [-0.4, -0.2) is 0 Å². The summed E-state index contributed by atoms with van der Waals surface area (Å²) in [5.41, 5.74) is 6.92. The molecule has 0 spiro atoms. The van der Waals surface area contributed by atoms with Gasteiger partial charge in [0.15, 0.2) is 0 Å². The molecule has 2 aromatic rings. The first-order valence-corrected chi connectivity index (χ1v) is 5.68. The number of hydrogen-bond donors (Lipinski definition) is 0. The Morgan fingerprint density at radius 1 is 0.882 bits per heavy atom. The van der Waals surface area contributed by atoms with E-state index >= 15 is 0 Å². The van der Waals surface area contributed by atoms with Crippen LogP contribution in [0.5, 0.6) is 0 Å². The van der Waals surface area contributed by atoms with Crippen molar-refractivity contribution in [3.8, 4) is 0 Å². The second kappa shape index (κ2) is 5.04. The Balaban J connectivity index is 0.00000108. The van der Waals surface area contributed by atoms with E-state index in [-0.39, 0.29) is 21.7 Å². The van der Waals surface area contributed by atoms with Crippen LogP contribution in [0.25, 0.3) is 11.6 Å². The number of benzene rings is 2. The Morgan fingerprint density at radius 3 is 2.29 bits per heavy atom. The van der Waals surface area contributed by atoms with Crippen LogP contribution >= 0.6 is 0 Å². The molecule has 82 valence electrons. The van der Waals surface area contributed by atoms with Gasteiger partial charge in [-0.15, -0.1) is 0 Å². The molecule has 17 heavy (non-hydrogen) atoms. The van der Waals surface area contributed by atoms with Gasteiger partial charge >= 0.3 is 0 Å². The summed E-state index contributed by atoms with van der Waals surface area (Å²) >= 11 is 0. The van der Waals surface area contributed by atoms with E-state index in [1.165, 1.54) is 27.8 Å². The number of aryl methyl sites for hydroxylation is 1. The Kier molecular flexibility index (Phi) is 3.66. The summed E-state index contributed by atoms with van der Waals surface area (Å²) in [7, 11) is 0. The third-order valence-corrected chi connectivity index (χ3v) is 3.19. The van der Waals surface area contributed by atoms with Gasteiger partial charge in [0, 0.05) is 21.7 Å². The maximum atomic E-state index is 2.31. The topological polar surface area (TPSA) is 0 Å². The Labute approximate surface area is 117 Å². The van der Waals surface area contributed by atoms with Crippen molar-refractivity contribution in [2.75, 3.05) is 0 Å². The van der Waals surface area contributed by atoms with Crippen molar-refractivity contribution >= 4 is 11.6 Å². The molecule has 0 saturated heterocycles. The molecular weight excluding hydrogens is 240 g/mol. The van der Waals surface area contributed by atoms with Gasteiger partial charge in [0.1, 0.15) is 0 Å². The maximum Gasteiger partial charge on any atom is 0 e. The summed E-state index contributed by atoms with van der Waals surface area (Å²) in [5, 5.41) is 0. The number of allylic oxidation sites excluding steroid dienone is 1. The van der Waals surface area contributed by atoms with Gasteiger partial charge in [-0.2, -0.15) is 0 Å². The molecule has 0 amide bonds. The van der Waals surface area contributed by atoms with Crippen LogP contribution in [0.3, 0.4) is 0 Å². The summed E-state index contributed by atoms with van der Waals surface area (Å²) in [6, 6.07) is 17.4. The molecule has 0 atom stereocenters. The second-order valence-electron chi connectivity index (χ2n) is 4.41. The van der Waals surface area contributed by atoms with E-state index in [1.807, 2.05) is 0 Å². The molecule has 0 aliphatic heterocycles. The average molecular weight is 254 g/mol. The van der Waals surface area contributed by atoms with Crippen LogP contribution in [0.1, 0.15) is 22.3 Å². The smallest absolute Gasteiger partial charge is 0 e. The van der Waals surface area contributed by atoms with E-state index in [1.54, 1.807) is 0 Å². The van der Waals surface area contributed by atoms with Crippen LogP contribution in [0.2, 0.25) is 0 Å². The van der Waals surface area contributed by atoms with Crippen molar-refractivity contribution in [3.63, 3.8) is 0 Å². The third kappa shape index (κ3) is 2.43. The summed E-state index contributed by atoms with van der Waals surface area (Å²) in [6.45, 7) is 2.13. The standard InChI is InChI=1S/C16H14.Ti/c1-12-6-8-13(9-7-12)16-10-14-4-2-3-5-15(14)11-16;/h2-10H,11H2,1H3;. The monoisotopic (exact) mass is 254 g/mol. The van der Waals surface area contributed by atoms with Gasteiger partial charge in [0.25, 0.3) is 0 Å². The van der Waals surface area contributed by atoms with E-state index in [0.29, 0.717) is 0 Å². The molecule has 1 aliphatic rings. The van der Waals surface area contributed by atoms with Crippen LogP contribution in [0.4, 0.5) is 0 Å². The average Bonchev–Trinajstić information content (AvgIpc) is 2.73. The molecule has 0 nitrogen and oxygen atoms in total. The third-order valence-electron chi connectivity index (χ3n) is 3.19. The second-order valence-corrected chi connectivity index (χ2v) is 4.41. The molecule has 0 aromatic heterocycles. The van der Waals surface area contributed by atoms with Crippen molar-refractivity contribution < 1.29 is 21.7 Å². The fourth-order valence-corrected chi connectivity index (χ4v) is 2.23. The van der Waals surface area contributed by atoms with Crippen LogP contribution < -0.4 is 0 Å². The van der Waals surface area contributed by atoms with Gasteiger partial charge in [-0.05, 0) is 35.6 Å². The van der Waals surface area contributed by atoms with E-state index < -0.39 is 0 Å². The largest absolute Gasteiger partial charge is 0.0619 e. The summed E-state index contributed by atoms with van der Waals surface area (Å²) in [6.07, 6.45) is 3.37. The fraction of sp³-hybridized carbons (Fsp3) is 0.125. The first-order chi connectivity index (χ1) is 7.83. The zero-order valence-corrected chi connectivity index (χ0v) is 11.5. The molecule has 0 saturated carbocycles. The Bertz CT molecular complexity index is 550. The van der Waals surface area contributed by atoms with Gasteiger partial charge in [-0.3, -0.25) is 0 Å². The molecule has 0 unspecified atom stereocenters. The first kappa shape index (κ1) is 12.4. The van der Waals surface area contributed by atoms with Gasteiger partial charge in [0.05, 0.1) is 0 Å². The molecule has 0 bridgehead atoms. The molecular formula is C16H14Ti. The predicted molar refractivity (Wildman–Crippen MR) is 69.2 cm³/mol. The molecule has 0 radical (unpaired) electrons. The van der Waals surface area contributed by atoms with E-state index in [0.717, 1.165) is 6.42 Å². The van der Waals surface area contributed by atoms with Crippen LogP contribution in [0.15, 0.2) is 48.5 Å². The summed E-state index contributed by atoms with van der Waals surface area (Å²) in [4.78, 5) is 0. The zero-order chi connectivity index (χ0) is 11.0. The number of rotatable bonds is 1. The van der Waals surface area contributed by atoms with Gasteiger partial charge in [0.2, 0.25) is 0 Å². The van der Waals surface area contributed by atoms with Crippen molar-refractivity contribution in [2.45, 2.75) is 13.3 Å². The molecule has 2 aromatic carbocycles. The zero-order valence-electron chi connectivity index (χ0n) is 9.90. The number of fused-ring (bicyclic) bond motifs is 1. The van der Waals surface area contributed by atoms with Crippen molar-refractivity contribution in [1.82, 2.24) is 0 Å². The summed E-state index contributed by atoms with van der Waals surface area (Å²) < 4.78 is 0. The van der Waals surface area contributed by atoms with Crippen LogP contribution in [0, 0.1) is 6.92 Å². The predicted octanol–water partition coefficient (Wildman–Crippen LogP) is 4.09. The summed E-state index contributed by atoms with van der Waals surface area (Å²) in [5.74, 6) is 0. The van der Waals surface area contributed by atoms with Gasteiger partial charge < -0.3 is 0 Å². The maximum absolute atomic E-state index is 2.31. The molecule has 3 rings (SSSR count). The fourth-order valence-electron chi connectivity index (χ4n) is 2.23. The Morgan fingerprint density at radius 2 is 1.59 bits per heavy atom. The van der Waals surface area contributed by atoms with Crippen molar-refractivity contribution in [3.05, 3.63) is 70.8 Å².